The number of carbonyl (C=O) groups excluding carboxylic acids is 1. The Morgan fingerprint density at radius 3 is 1.19 bits per heavy atom. The molecule has 10 heteroatoms. The van der Waals surface area contributed by atoms with E-state index in [0.29, 0.717) is 99.4 Å². The average molecular weight is 925 g/mol. The molecule has 6 rings (SSSR count). The van der Waals surface area contributed by atoms with Crippen LogP contribution in [0.1, 0.15) is 176 Å². The lowest BCUT2D eigenvalue weighted by atomic mass is 9.75. The van der Waals surface area contributed by atoms with E-state index in [1.54, 1.807) is 7.11 Å². The van der Waals surface area contributed by atoms with Crippen molar-refractivity contribution in [1.29, 1.82) is 0 Å². The molecule has 0 bridgehead atoms. The fraction of sp³-hybridized carbons (Fsp3) is 0.759. The molecule has 0 radical (unpaired) electrons. The summed E-state index contributed by atoms with van der Waals surface area (Å²) in [7, 11) is -2.10. The molecule has 0 amide bonds. The van der Waals surface area contributed by atoms with Crippen LogP contribution in [-0.2, 0) is 18.1 Å². The number of hydrogen-bond acceptors (Lipinski definition) is 8. The molecule has 360 valence electrons. The summed E-state index contributed by atoms with van der Waals surface area (Å²) in [6.45, 7) is 27.7. The third-order valence-corrected chi connectivity index (χ3v) is 18.1. The van der Waals surface area contributed by atoms with Crippen LogP contribution in [0.4, 0.5) is 0 Å². The van der Waals surface area contributed by atoms with Gasteiger partial charge in [0.05, 0.1) is 42.7 Å². The SMILES string of the molecule is COc1ccc(C(=O)c2ccccc2OP(O[C@@H]2C[C@H](C)CCC2C(C)C)O[C@@H]2C[C@H](C)CC[C@H]2C(C)C)c(OP(O[C@@H]2C[C@H](C)CCC2C(C)C)O[C@@H]2C[C@H](C)CC[C@H]2C(C)C)c1. The zero-order valence-electron chi connectivity index (χ0n) is 41.9. The summed E-state index contributed by atoms with van der Waals surface area (Å²) >= 11 is 0. The highest BCUT2D eigenvalue weighted by atomic mass is 31.2. The van der Waals surface area contributed by atoms with E-state index < -0.39 is 17.2 Å². The van der Waals surface area contributed by atoms with E-state index in [9.17, 15) is 0 Å². The first-order chi connectivity index (χ1) is 30.5. The summed E-state index contributed by atoms with van der Waals surface area (Å²) in [4.78, 5) is 15.2. The van der Waals surface area contributed by atoms with Crippen molar-refractivity contribution in [2.24, 2.45) is 71.0 Å². The molecule has 4 aliphatic rings. The van der Waals surface area contributed by atoms with Gasteiger partial charge >= 0.3 is 17.2 Å². The highest BCUT2D eigenvalue weighted by molar-refractivity contribution is 7.42. The molecule has 14 atom stereocenters. The van der Waals surface area contributed by atoms with Crippen molar-refractivity contribution in [3.05, 3.63) is 53.6 Å². The maximum absolute atomic E-state index is 15.2. The molecule has 4 aliphatic carbocycles. The van der Waals surface area contributed by atoms with Crippen molar-refractivity contribution < 1.29 is 36.7 Å². The number of ether oxygens (including phenoxy) is 1. The van der Waals surface area contributed by atoms with Gasteiger partial charge in [-0.2, -0.15) is 0 Å². The zero-order chi connectivity index (χ0) is 46.2. The lowest BCUT2D eigenvalue weighted by molar-refractivity contribution is -0.00316. The molecule has 4 saturated carbocycles. The van der Waals surface area contributed by atoms with Crippen molar-refractivity contribution in [1.82, 2.24) is 0 Å². The van der Waals surface area contributed by atoms with Gasteiger partial charge in [-0.25, -0.2) is 0 Å². The van der Waals surface area contributed by atoms with E-state index in [0.717, 1.165) is 51.4 Å². The van der Waals surface area contributed by atoms with Crippen LogP contribution in [-0.4, -0.2) is 37.3 Å². The molecule has 0 saturated heterocycles. The second-order valence-electron chi connectivity index (χ2n) is 22.2. The molecule has 0 aromatic heterocycles. The number of hydrogen-bond donors (Lipinski definition) is 0. The quantitative estimate of drug-likeness (QED) is 0.102. The highest BCUT2D eigenvalue weighted by Gasteiger charge is 2.42. The zero-order valence-corrected chi connectivity index (χ0v) is 43.7. The lowest BCUT2D eigenvalue weighted by Crippen LogP contribution is -2.36. The molecule has 4 fully saturated rings. The Morgan fingerprint density at radius 2 is 0.828 bits per heavy atom. The largest absolute Gasteiger partial charge is 0.497 e. The molecule has 0 N–H and O–H groups in total. The fourth-order valence-electron chi connectivity index (χ4n) is 11.5. The summed E-state index contributed by atoms with van der Waals surface area (Å²) in [5, 5.41) is 0. The van der Waals surface area contributed by atoms with Gasteiger partial charge in [0.1, 0.15) is 17.2 Å². The van der Waals surface area contributed by atoms with Crippen LogP contribution in [0.25, 0.3) is 0 Å². The number of para-hydroxylation sites is 1. The Bertz CT molecular complexity index is 1680. The Kier molecular flexibility index (Phi) is 19.3. The van der Waals surface area contributed by atoms with Gasteiger partial charge in [-0.15, -0.1) is 0 Å². The van der Waals surface area contributed by atoms with Gasteiger partial charge in [-0.1, -0.05) is 121 Å². The van der Waals surface area contributed by atoms with Crippen LogP contribution in [0.3, 0.4) is 0 Å². The van der Waals surface area contributed by atoms with Crippen molar-refractivity contribution in [3.8, 4) is 17.2 Å². The van der Waals surface area contributed by atoms with Crippen molar-refractivity contribution in [2.45, 2.75) is 185 Å². The number of ketones is 1. The number of benzene rings is 2. The number of carbonyl (C=O) groups is 1. The lowest BCUT2D eigenvalue weighted by Gasteiger charge is -2.41. The molecule has 64 heavy (non-hydrogen) atoms. The molecule has 2 aromatic rings. The highest BCUT2D eigenvalue weighted by Crippen LogP contribution is 2.54. The molecule has 0 heterocycles. The molecular formula is C54H86O8P2. The first-order valence-corrected chi connectivity index (χ1v) is 27.6. The smallest absolute Gasteiger partial charge is 0.397 e. The summed E-state index contributed by atoms with van der Waals surface area (Å²) < 4.78 is 48.2. The standard InChI is InChI=1S/C54H86O8P2/c1-33(2)42-23-18-37(9)28-49(42)58-63(59-50-29-38(10)19-24-43(50)34(3)4)57-48-17-15-14-16-46(48)54(55)47-27-22-41(56-13)32-53(47)62-64(60-51-30-39(11)20-25-44(51)35(5)6)61-52-31-40(12)21-26-45(52)36(7)8/h14-17,22,27,32-40,42-45,49-52H,18-21,23-26,28-31H2,1-13H3/t37-,38-,39-,40-,42+,43?,44+,45?,49-,50-,51-,52-,63?,64?/m1/s1. The predicted octanol–water partition coefficient (Wildman–Crippen LogP) is 16.0. The van der Waals surface area contributed by atoms with Gasteiger partial charge in [0.15, 0.2) is 0 Å². The van der Waals surface area contributed by atoms with E-state index in [-0.39, 0.29) is 30.2 Å². The van der Waals surface area contributed by atoms with Gasteiger partial charge < -0.3 is 13.8 Å². The summed E-state index contributed by atoms with van der Waals surface area (Å²) in [5.74, 6) is 6.95. The van der Waals surface area contributed by atoms with E-state index in [1.165, 1.54) is 25.7 Å². The first kappa shape index (κ1) is 51.6. The molecular weight excluding hydrogens is 839 g/mol. The monoisotopic (exact) mass is 925 g/mol. The molecule has 0 spiro atoms. The predicted molar refractivity (Wildman–Crippen MR) is 263 cm³/mol. The normalized spacial score (nSPS) is 32.5. The molecule has 2 aromatic carbocycles. The van der Waals surface area contributed by atoms with E-state index in [1.807, 2.05) is 42.5 Å². The minimum Gasteiger partial charge on any atom is -0.497 e. The first-order valence-electron chi connectivity index (χ1n) is 25.5. The van der Waals surface area contributed by atoms with E-state index in [4.69, 9.17) is 31.9 Å². The Labute approximate surface area is 391 Å². The van der Waals surface area contributed by atoms with Crippen LogP contribution in [0.15, 0.2) is 42.5 Å². The third-order valence-electron chi connectivity index (χ3n) is 15.6. The van der Waals surface area contributed by atoms with E-state index in [2.05, 4.69) is 83.1 Å². The minimum absolute atomic E-state index is 0.00333. The summed E-state index contributed by atoms with van der Waals surface area (Å²) in [6, 6.07) is 13.0. The van der Waals surface area contributed by atoms with Gasteiger partial charge in [0.2, 0.25) is 5.78 Å². The maximum atomic E-state index is 15.2. The molecule has 0 aliphatic heterocycles. The Morgan fingerprint density at radius 1 is 0.484 bits per heavy atom. The van der Waals surface area contributed by atoms with Gasteiger partial charge in [0.25, 0.3) is 0 Å². The Balaban J connectivity index is 1.34. The van der Waals surface area contributed by atoms with Crippen molar-refractivity contribution in [2.75, 3.05) is 7.11 Å². The fourth-order valence-corrected chi connectivity index (χ4v) is 14.2. The van der Waals surface area contributed by atoms with Crippen LogP contribution in [0.2, 0.25) is 0 Å². The number of methoxy groups -OCH3 is 1. The topological polar surface area (TPSA) is 81.7 Å². The van der Waals surface area contributed by atoms with Crippen molar-refractivity contribution >= 4 is 23.0 Å². The molecule has 8 nitrogen and oxygen atoms in total. The van der Waals surface area contributed by atoms with E-state index >= 15 is 4.79 Å². The van der Waals surface area contributed by atoms with Crippen LogP contribution < -0.4 is 13.8 Å². The second kappa shape index (κ2) is 24.0. The number of rotatable bonds is 19. The third kappa shape index (κ3) is 13.7. The summed E-state index contributed by atoms with van der Waals surface area (Å²) in [6.07, 6.45) is 13.2. The van der Waals surface area contributed by atoms with Crippen LogP contribution in [0.5, 0.6) is 17.2 Å². The van der Waals surface area contributed by atoms with Crippen LogP contribution in [0, 0.1) is 71.0 Å². The summed E-state index contributed by atoms with van der Waals surface area (Å²) in [5.41, 5.74) is 0.833. The second-order valence-corrected chi connectivity index (χ2v) is 24.3. The Hall–Kier alpha value is -1.79. The molecule has 4 unspecified atom stereocenters. The van der Waals surface area contributed by atoms with Crippen molar-refractivity contribution in [3.63, 3.8) is 0 Å². The van der Waals surface area contributed by atoms with Crippen LogP contribution >= 0.6 is 17.2 Å². The van der Waals surface area contributed by atoms with Gasteiger partial charge in [-0.05, 0) is 147 Å². The average Bonchev–Trinajstić information content (AvgIpc) is 3.23. The van der Waals surface area contributed by atoms with Gasteiger partial charge in [0, 0.05) is 6.07 Å². The minimum atomic E-state index is -1.90. The maximum Gasteiger partial charge on any atom is 0.397 e. The van der Waals surface area contributed by atoms with Gasteiger partial charge in [-0.3, -0.25) is 22.9 Å².